The molecule has 8 nitrogen and oxygen atoms in total. The van der Waals surface area contributed by atoms with Crippen molar-refractivity contribution in [3.05, 3.63) is 70.6 Å². The van der Waals surface area contributed by atoms with Crippen LogP contribution in [0.25, 0.3) is 16.9 Å². The van der Waals surface area contributed by atoms with Crippen LogP contribution in [0.2, 0.25) is 5.02 Å². The Kier molecular flexibility index (Phi) is 7.09. The van der Waals surface area contributed by atoms with Crippen molar-refractivity contribution < 1.29 is 18.7 Å². The third-order valence-corrected chi connectivity index (χ3v) is 5.63. The van der Waals surface area contributed by atoms with E-state index in [4.69, 9.17) is 37.5 Å². The van der Waals surface area contributed by atoms with E-state index >= 15 is 0 Å². The molecule has 2 aromatic carbocycles. The topological polar surface area (TPSA) is 117 Å². The third kappa shape index (κ3) is 5.16. The van der Waals surface area contributed by atoms with Crippen LogP contribution in [0.3, 0.4) is 0 Å². The van der Waals surface area contributed by atoms with Crippen LogP contribution in [-0.2, 0) is 4.79 Å². The van der Waals surface area contributed by atoms with Crippen LogP contribution in [0.1, 0.15) is 11.1 Å². The van der Waals surface area contributed by atoms with Gasteiger partial charge in [0.05, 0.1) is 10.6 Å². The number of carbonyl (C=O) groups excluding carboxylic acids is 1. The van der Waals surface area contributed by atoms with Crippen molar-refractivity contribution in [2.75, 3.05) is 25.1 Å². The lowest BCUT2D eigenvalue weighted by atomic mass is 10.1. The number of nitrogens with two attached hydrogens (primary N) is 2. The highest BCUT2D eigenvalue weighted by Crippen LogP contribution is 2.44. The van der Waals surface area contributed by atoms with Crippen molar-refractivity contribution in [2.45, 2.75) is 13.8 Å². The van der Waals surface area contributed by atoms with E-state index in [9.17, 15) is 9.18 Å². The molecule has 10 heteroatoms. The Morgan fingerprint density at radius 3 is 2.60 bits per heavy atom. The Morgan fingerprint density at radius 1 is 1.17 bits per heavy atom. The van der Waals surface area contributed by atoms with Gasteiger partial charge in [-0.25, -0.2) is 9.37 Å². The molecule has 2 heterocycles. The summed E-state index contributed by atoms with van der Waals surface area (Å²) in [7, 11) is 0. The molecule has 5 N–H and O–H groups in total. The van der Waals surface area contributed by atoms with Crippen molar-refractivity contribution in [1.82, 2.24) is 9.38 Å². The number of nitrogens with one attached hydrogen (secondary N) is 1. The highest BCUT2D eigenvalue weighted by atomic mass is 35.5. The van der Waals surface area contributed by atoms with E-state index in [0.29, 0.717) is 35.0 Å². The number of fused-ring (bicyclic) bond motifs is 1. The molecule has 0 radical (unpaired) electrons. The number of halogens is 2. The summed E-state index contributed by atoms with van der Waals surface area (Å²) >= 11 is 6.70. The average Bonchev–Trinajstić information content (AvgIpc) is 3.15. The first-order valence-corrected chi connectivity index (χ1v) is 11.2. The van der Waals surface area contributed by atoms with E-state index in [-0.39, 0.29) is 24.0 Å². The monoisotopic (exact) mass is 497 g/mol. The van der Waals surface area contributed by atoms with E-state index in [1.54, 1.807) is 22.6 Å². The molecule has 182 valence electrons. The zero-order valence-electron chi connectivity index (χ0n) is 19.3. The van der Waals surface area contributed by atoms with Gasteiger partial charge >= 0.3 is 0 Å². The lowest BCUT2D eigenvalue weighted by molar-refractivity contribution is -0.119. The van der Waals surface area contributed by atoms with Crippen LogP contribution in [0, 0.1) is 19.7 Å². The van der Waals surface area contributed by atoms with E-state index in [2.05, 4.69) is 5.32 Å². The van der Waals surface area contributed by atoms with Gasteiger partial charge in [-0.05, 0) is 43.2 Å². The van der Waals surface area contributed by atoms with Crippen molar-refractivity contribution in [3.8, 4) is 22.8 Å². The summed E-state index contributed by atoms with van der Waals surface area (Å²) in [6.45, 7) is 4.12. The molecule has 0 aliphatic rings. The van der Waals surface area contributed by atoms with Gasteiger partial charge in [-0.2, -0.15) is 0 Å². The Balaban J connectivity index is 1.95. The van der Waals surface area contributed by atoms with Crippen molar-refractivity contribution in [3.63, 3.8) is 0 Å². The van der Waals surface area contributed by atoms with Gasteiger partial charge in [-0.15, -0.1) is 0 Å². The number of aromatic nitrogens is 2. The molecule has 0 spiro atoms. The fourth-order valence-corrected chi connectivity index (χ4v) is 4.04. The largest absolute Gasteiger partial charge is 0.492 e. The molecule has 0 fully saturated rings. The summed E-state index contributed by atoms with van der Waals surface area (Å²) < 4.78 is 27.2. The number of imidazole rings is 1. The summed E-state index contributed by atoms with van der Waals surface area (Å²) in [5.41, 5.74) is 15.0. The second kappa shape index (κ2) is 10.2. The van der Waals surface area contributed by atoms with E-state index in [1.165, 1.54) is 12.3 Å². The molecule has 0 atom stereocenters. The number of carbonyl (C=O) groups is 1. The molecule has 0 bridgehead atoms. The quantitative estimate of drug-likeness (QED) is 0.316. The minimum absolute atomic E-state index is 0.233. The van der Waals surface area contributed by atoms with Crippen LogP contribution < -0.4 is 26.3 Å². The van der Waals surface area contributed by atoms with Gasteiger partial charge in [0.2, 0.25) is 0 Å². The van der Waals surface area contributed by atoms with Crippen LogP contribution in [0.5, 0.6) is 11.5 Å². The van der Waals surface area contributed by atoms with E-state index in [0.717, 1.165) is 16.8 Å². The molecule has 0 saturated heterocycles. The Bertz CT molecular complexity index is 1390. The van der Waals surface area contributed by atoms with Gasteiger partial charge in [0.25, 0.3) is 5.91 Å². The van der Waals surface area contributed by atoms with Gasteiger partial charge in [0, 0.05) is 24.5 Å². The summed E-state index contributed by atoms with van der Waals surface area (Å²) in [5.74, 6) is 0.0111. The van der Waals surface area contributed by atoms with E-state index < -0.39 is 11.7 Å². The minimum atomic E-state index is -0.661. The number of para-hydroxylation sites is 1. The molecule has 0 saturated carbocycles. The first kappa shape index (κ1) is 24.3. The number of ether oxygens (including phenoxy) is 2. The second-order valence-electron chi connectivity index (χ2n) is 7.95. The lowest BCUT2D eigenvalue weighted by Gasteiger charge is -2.17. The minimum Gasteiger partial charge on any atom is -0.492 e. The number of primary amides is 1. The highest BCUT2D eigenvalue weighted by molar-refractivity contribution is 6.34. The smallest absolute Gasteiger partial charge is 0.255 e. The zero-order chi connectivity index (χ0) is 25.1. The van der Waals surface area contributed by atoms with Crippen LogP contribution in [0.4, 0.5) is 15.9 Å². The van der Waals surface area contributed by atoms with Crippen molar-refractivity contribution in [1.29, 1.82) is 0 Å². The number of hydrogen-bond acceptors (Lipinski definition) is 6. The molecular formula is C25H25ClFN5O3. The Morgan fingerprint density at radius 2 is 1.91 bits per heavy atom. The molecule has 0 unspecified atom stereocenters. The number of amides is 1. The molecule has 0 aliphatic carbocycles. The molecule has 1 amide bonds. The SMILES string of the molecule is Cc1cccc(C)c1Nc1c(-c2c(Cl)cc(OCCN)cc2OCC(N)=O)nc2ccc(F)cn12. The molecule has 4 aromatic rings. The van der Waals surface area contributed by atoms with Crippen molar-refractivity contribution >= 4 is 34.7 Å². The Labute approximate surface area is 206 Å². The molecule has 2 aromatic heterocycles. The zero-order valence-corrected chi connectivity index (χ0v) is 20.0. The van der Waals surface area contributed by atoms with Crippen LogP contribution in [0.15, 0.2) is 48.7 Å². The van der Waals surface area contributed by atoms with E-state index in [1.807, 2.05) is 32.0 Å². The maximum absolute atomic E-state index is 14.3. The molecular weight excluding hydrogens is 473 g/mol. The standard InChI is InChI=1S/C25H25ClFN5O3/c1-14-4-3-5-15(2)23(14)31-25-24(30-21-7-6-16(27)12-32(21)25)22-18(26)10-17(34-9-8-28)11-19(22)35-13-20(29)33/h3-7,10-12,31H,8-9,13,28H2,1-2H3,(H2,29,33). The summed E-state index contributed by atoms with van der Waals surface area (Å²) in [6, 6.07) is 12.0. The van der Waals surface area contributed by atoms with Gasteiger partial charge in [0.15, 0.2) is 6.61 Å². The lowest BCUT2D eigenvalue weighted by Crippen LogP contribution is -2.20. The van der Waals surface area contributed by atoms with Gasteiger partial charge < -0.3 is 26.3 Å². The van der Waals surface area contributed by atoms with Gasteiger partial charge in [-0.3, -0.25) is 9.20 Å². The normalized spacial score (nSPS) is 11.0. The predicted molar refractivity (Wildman–Crippen MR) is 134 cm³/mol. The molecule has 0 aliphatic heterocycles. The maximum Gasteiger partial charge on any atom is 0.255 e. The summed E-state index contributed by atoms with van der Waals surface area (Å²) in [5, 5.41) is 3.66. The van der Waals surface area contributed by atoms with Crippen LogP contribution in [-0.4, -0.2) is 35.1 Å². The fraction of sp³-hybridized carbons (Fsp3) is 0.200. The van der Waals surface area contributed by atoms with Crippen LogP contribution >= 0.6 is 11.6 Å². The third-order valence-electron chi connectivity index (χ3n) is 5.33. The number of benzene rings is 2. The summed E-state index contributed by atoms with van der Waals surface area (Å²) in [6.07, 6.45) is 1.33. The first-order chi connectivity index (χ1) is 16.8. The average molecular weight is 498 g/mol. The van der Waals surface area contributed by atoms with Crippen molar-refractivity contribution in [2.24, 2.45) is 11.5 Å². The molecule has 4 rings (SSSR count). The summed E-state index contributed by atoms with van der Waals surface area (Å²) in [4.78, 5) is 16.2. The highest BCUT2D eigenvalue weighted by Gasteiger charge is 2.23. The fourth-order valence-electron chi connectivity index (χ4n) is 3.75. The predicted octanol–water partition coefficient (Wildman–Crippen LogP) is 4.36. The first-order valence-electron chi connectivity index (χ1n) is 10.9. The maximum atomic E-state index is 14.3. The Hall–Kier alpha value is -3.82. The number of aryl methyl sites for hydroxylation is 2. The number of hydrogen-bond donors (Lipinski definition) is 3. The number of nitrogens with zero attached hydrogens (tertiary/aromatic N) is 2. The number of pyridine rings is 1. The second-order valence-corrected chi connectivity index (χ2v) is 8.35. The van der Waals surface area contributed by atoms with Gasteiger partial charge in [-0.1, -0.05) is 29.8 Å². The number of anilines is 2. The number of rotatable bonds is 9. The van der Waals surface area contributed by atoms with Gasteiger partial charge in [0.1, 0.15) is 41.1 Å². The molecule has 35 heavy (non-hydrogen) atoms.